The number of nitrogens with two attached hydrogens (primary N) is 1. The maximum atomic E-state index is 12.6. The SMILES string of the molecule is CC(N)CON=C1CC[C@]2(C)[C@H]3CC[C@@]4(C)C(=O)CC[C@H]4[C@@H]3[C@H](C)C[C@@]2(O)C1. The number of fused-ring (bicyclic) bond motifs is 5. The number of rotatable bonds is 3. The third-order valence-electron chi connectivity index (χ3n) is 9.20. The van der Waals surface area contributed by atoms with Crippen molar-refractivity contribution in [1.29, 1.82) is 0 Å². The molecule has 3 N–H and O–H groups in total. The molecule has 0 aromatic carbocycles. The van der Waals surface area contributed by atoms with E-state index in [4.69, 9.17) is 10.6 Å². The Hall–Kier alpha value is -0.940. The fourth-order valence-electron chi connectivity index (χ4n) is 7.60. The standard InChI is InChI=1S/C23H38N2O3/c1-14-11-23(27)12-16(25-28-13-15(2)24)7-10-22(23,4)18-8-9-21(3)17(20(14)18)5-6-19(21)26/h14-15,17-18,20,27H,5-13,24H2,1-4H3/t14-,15?,17+,18+,20+,21-,22-,23-/m1/s1. The summed E-state index contributed by atoms with van der Waals surface area (Å²) in [6.45, 7) is 9.16. The third-order valence-corrected chi connectivity index (χ3v) is 9.20. The summed E-state index contributed by atoms with van der Waals surface area (Å²) in [6, 6.07) is -0.0394. The average Bonchev–Trinajstić information content (AvgIpc) is 2.91. The highest BCUT2D eigenvalue weighted by Crippen LogP contribution is 2.67. The smallest absolute Gasteiger partial charge is 0.139 e. The Morgan fingerprint density at radius 3 is 2.71 bits per heavy atom. The van der Waals surface area contributed by atoms with Gasteiger partial charge in [0.1, 0.15) is 12.4 Å². The van der Waals surface area contributed by atoms with Crippen LogP contribution in [0.15, 0.2) is 5.16 Å². The van der Waals surface area contributed by atoms with Gasteiger partial charge in [0, 0.05) is 29.7 Å². The van der Waals surface area contributed by atoms with Gasteiger partial charge in [-0.05, 0) is 69.1 Å². The average molecular weight is 391 g/mol. The fourth-order valence-corrected chi connectivity index (χ4v) is 7.60. The second kappa shape index (κ2) is 6.80. The number of aliphatic hydroxyl groups is 1. The van der Waals surface area contributed by atoms with E-state index in [-0.39, 0.29) is 16.9 Å². The van der Waals surface area contributed by atoms with Gasteiger partial charge >= 0.3 is 0 Å². The van der Waals surface area contributed by atoms with Crippen LogP contribution in [-0.2, 0) is 9.63 Å². The monoisotopic (exact) mass is 390 g/mol. The molecule has 0 amide bonds. The molecule has 0 saturated heterocycles. The number of oxime groups is 1. The molecule has 28 heavy (non-hydrogen) atoms. The van der Waals surface area contributed by atoms with Gasteiger partial charge in [0.15, 0.2) is 0 Å². The summed E-state index contributed by atoms with van der Waals surface area (Å²) in [4.78, 5) is 18.1. The van der Waals surface area contributed by atoms with Crippen LogP contribution in [0.5, 0.6) is 0 Å². The first-order chi connectivity index (χ1) is 13.1. The Morgan fingerprint density at radius 2 is 2.00 bits per heavy atom. The molecule has 0 aromatic heterocycles. The summed E-state index contributed by atoms with van der Waals surface area (Å²) in [5.74, 6) is 2.47. The zero-order valence-electron chi connectivity index (χ0n) is 18.0. The second-order valence-corrected chi connectivity index (χ2v) is 10.9. The van der Waals surface area contributed by atoms with Crippen molar-refractivity contribution in [3.63, 3.8) is 0 Å². The first-order valence-electron chi connectivity index (χ1n) is 11.3. The van der Waals surface area contributed by atoms with Gasteiger partial charge in [0.05, 0.1) is 11.3 Å². The molecular formula is C23H38N2O3. The summed E-state index contributed by atoms with van der Waals surface area (Å²) in [6.07, 6.45) is 7.12. The molecule has 5 nitrogen and oxygen atoms in total. The number of ketones is 1. The first-order valence-corrected chi connectivity index (χ1v) is 11.3. The predicted octanol–water partition coefficient (Wildman–Crippen LogP) is 3.68. The largest absolute Gasteiger partial charge is 0.394 e. The minimum absolute atomic E-state index is 0.0394. The Kier molecular flexibility index (Phi) is 4.94. The minimum atomic E-state index is -0.723. The molecular weight excluding hydrogens is 352 g/mol. The lowest BCUT2D eigenvalue weighted by molar-refractivity contribution is -0.206. The molecule has 0 aliphatic heterocycles. The molecule has 4 rings (SSSR count). The number of hydrogen-bond donors (Lipinski definition) is 2. The molecule has 158 valence electrons. The maximum absolute atomic E-state index is 12.6. The highest BCUT2D eigenvalue weighted by Gasteiger charge is 2.66. The summed E-state index contributed by atoms with van der Waals surface area (Å²) in [5.41, 5.74) is 5.78. The van der Waals surface area contributed by atoms with Crippen molar-refractivity contribution in [2.45, 2.75) is 90.7 Å². The number of Topliss-reactive ketones (excluding diaryl/α,β-unsaturated/α-hetero) is 1. The molecule has 4 aliphatic rings. The molecule has 0 spiro atoms. The molecule has 4 aliphatic carbocycles. The van der Waals surface area contributed by atoms with E-state index in [0.29, 0.717) is 42.5 Å². The Morgan fingerprint density at radius 1 is 1.25 bits per heavy atom. The van der Waals surface area contributed by atoms with E-state index in [0.717, 1.165) is 50.7 Å². The first kappa shape index (κ1) is 20.3. The highest BCUT2D eigenvalue weighted by molar-refractivity contribution is 5.87. The molecule has 0 heterocycles. The van der Waals surface area contributed by atoms with E-state index in [9.17, 15) is 9.90 Å². The van der Waals surface area contributed by atoms with Gasteiger partial charge < -0.3 is 15.7 Å². The van der Waals surface area contributed by atoms with E-state index in [1.165, 1.54) is 0 Å². The van der Waals surface area contributed by atoms with Crippen LogP contribution in [0.3, 0.4) is 0 Å². The van der Waals surface area contributed by atoms with Crippen LogP contribution in [0, 0.1) is 34.5 Å². The molecule has 0 bridgehead atoms. The normalized spacial score (nSPS) is 50.6. The summed E-state index contributed by atoms with van der Waals surface area (Å²) in [7, 11) is 0. The van der Waals surface area contributed by atoms with Gasteiger partial charge in [-0.25, -0.2) is 0 Å². The number of carbonyl (C=O) groups is 1. The predicted molar refractivity (Wildman–Crippen MR) is 110 cm³/mol. The number of nitrogens with zero attached hydrogens (tertiary/aromatic N) is 1. The van der Waals surface area contributed by atoms with Crippen LogP contribution in [0.25, 0.3) is 0 Å². The van der Waals surface area contributed by atoms with Gasteiger partial charge in [-0.15, -0.1) is 0 Å². The van der Waals surface area contributed by atoms with Crippen LogP contribution < -0.4 is 5.73 Å². The van der Waals surface area contributed by atoms with Crippen LogP contribution in [0.4, 0.5) is 0 Å². The lowest BCUT2D eigenvalue weighted by Gasteiger charge is -2.64. The summed E-state index contributed by atoms with van der Waals surface area (Å²) >= 11 is 0. The summed E-state index contributed by atoms with van der Waals surface area (Å²) in [5, 5.41) is 16.2. The van der Waals surface area contributed by atoms with Gasteiger partial charge in [0.25, 0.3) is 0 Å². The van der Waals surface area contributed by atoms with Crippen LogP contribution in [-0.4, -0.2) is 34.9 Å². The maximum Gasteiger partial charge on any atom is 0.139 e. The van der Waals surface area contributed by atoms with Crippen LogP contribution >= 0.6 is 0 Å². The molecule has 0 radical (unpaired) electrons. The zero-order chi connectivity index (χ0) is 20.3. The molecule has 4 saturated carbocycles. The van der Waals surface area contributed by atoms with Gasteiger partial charge in [0.2, 0.25) is 0 Å². The van der Waals surface area contributed by atoms with Gasteiger partial charge in [-0.2, -0.15) is 0 Å². The zero-order valence-corrected chi connectivity index (χ0v) is 18.0. The lowest BCUT2D eigenvalue weighted by atomic mass is 9.41. The van der Waals surface area contributed by atoms with Crippen molar-refractivity contribution in [3.05, 3.63) is 0 Å². The van der Waals surface area contributed by atoms with Crippen molar-refractivity contribution >= 4 is 11.5 Å². The molecule has 1 unspecified atom stereocenters. The number of hydrogen-bond acceptors (Lipinski definition) is 5. The van der Waals surface area contributed by atoms with Gasteiger partial charge in [-0.1, -0.05) is 25.9 Å². The molecule has 8 atom stereocenters. The third kappa shape index (κ3) is 2.87. The minimum Gasteiger partial charge on any atom is -0.394 e. The van der Waals surface area contributed by atoms with E-state index >= 15 is 0 Å². The summed E-state index contributed by atoms with van der Waals surface area (Å²) < 4.78 is 0. The highest BCUT2D eigenvalue weighted by atomic mass is 16.6. The van der Waals surface area contributed by atoms with Crippen LogP contribution in [0.1, 0.15) is 79.1 Å². The van der Waals surface area contributed by atoms with Crippen molar-refractivity contribution in [2.24, 2.45) is 45.4 Å². The van der Waals surface area contributed by atoms with Gasteiger partial charge in [-0.3, -0.25) is 4.79 Å². The van der Waals surface area contributed by atoms with Crippen molar-refractivity contribution in [3.8, 4) is 0 Å². The van der Waals surface area contributed by atoms with Crippen molar-refractivity contribution in [2.75, 3.05) is 6.61 Å². The quantitative estimate of drug-likeness (QED) is 0.720. The van der Waals surface area contributed by atoms with Crippen molar-refractivity contribution in [1.82, 2.24) is 0 Å². The second-order valence-electron chi connectivity index (χ2n) is 10.9. The number of carbonyl (C=O) groups excluding carboxylic acids is 1. The topological polar surface area (TPSA) is 84.9 Å². The Balaban J connectivity index is 1.59. The molecule has 0 aromatic rings. The van der Waals surface area contributed by atoms with E-state index < -0.39 is 5.60 Å². The van der Waals surface area contributed by atoms with Crippen molar-refractivity contribution < 1.29 is 14.7 Å². The van der Waals surface area contributed by atoms with E-state index in [2.05, 4.69) is 25.9 Å². The van der Waals surface area contributed by atoms with E-state index in [1.54, 1.807) is 0 Å². The van der Waals surface area contributed by atoms with E-state index in [1.807, 2.05) is 6.92 Å². The Labute approximate surface area is 169 Å². The molecule has 5 heteroatoms. The lowest BCUT2D eigenvalue weighted by Crippen LogP contribution is -2.64. The molecule has 4 fully saturated rings. The fraction of sp³-hybridized carbons (Fsp3) is 0.913. The Bertz CT molecular complexity index is 677. The van der Waals surface area contributed by atoms with Crippen LogP contribution in [0.2, 0.25) is 0 Å².